The quantitative estimate of drug-likeness (QED) is 0.767. The van der Waals surface area contributed by atoms with Crippen molar-refractivity contribution in [2.45, 2.75) is 12.5 Å². The van der Waals surface area contributed by atoms with Crippen LogP contribution in [0.25, 0.3) is 0 Å². The van der Waals surface area contributed by atoms with Crippen LogP contribution in [0.3, 0.4) is 0 Å². The van der Waals surface area contributed by atoms with Gasteiger partial charge in [-0.2, -0.15) is 0 Å². The third-order valence-electron chi connectivity index (χ3n) is 2.68. The molecule has 1 aliphatic carbocycles. The Morgan fingerprint density at radius 1 is 1.43 bits per heavy atom. The molecule has 0 fully saturated rings. The van der Waals surface area contributed by atoms with E-state index in [0.717, 1.165) is 15.6 Å². The van der Waals surface area contributed by atoms with E-state index in [2.05, 4.69) is 20.8 Å². The van der Waals surface area contributed by atoms with E-state index in [1.54, 1.807) is 0 Å². The molecule has 3 heteroatoms. The lowest BCUT2D eigenvalue weighted by Gasteiger charge is -2.19. The standard InChI is InChI=1S/C11H12BrNO/c1-13(2)10-6-11(14)8-4-3-7(12)5-9(8)10/h3-5,10H,6H2,1-2H3. The molecule has 0 radical (unpaired) electrons. The zero-order valence-corrected chi connectivity index (χ0v) is 9.84. The molecule has 1 aromatic carbocycles. The Balaban J connectivity index is 2.51. The van der Waals surface area contributed by atoms with E-state index in [-0.39, 0.29) is 11.8 Å². The zero-order valence-electron chi connectivity index (χ0n) is 8.25. The first-order valence-corrected chi connectivity index (χ1v) is 5.38. The number of hydrogen-bond donors (Lipinski definition) is 0. The van der Waals surface area contributed by atoms with Crippen molar-refractivity contribution in [2.24, 2.45) is 0 Å². The Hall–Kier alpha value is -0.670. The van der Waals surface area contributed by atoms with E-state index in [4.69, 9.17) is 0 Å². The SMILES string of the molecule is CN(C)C1CC(=O)c2ccc(Br)cc21. The number of benzene rings is 1. The lowest BCUT2D eigenvalue weighted by molar-refractivity contribution is 0.0970. The Bertz CT molecular complexity index is 387. The van der Waals surface area contributed by atoms with Crippen molar-refractivity contribution in [3.63, 3.8) is 0 Å². The molecule has 1 unspecified atom stereocenters. The topological polar surface area (TPSA) is 20.3 Å². The first kappa shape index (κ1) is 9.87. The Morgan fingerprint density at radius 2 is 2.14 bits per heavy atom. The van der Waals surface area contributed by atoms with Crippen LogP contribution in [-0.4, -0.2) is 24.8 Å². The molecular formula is C11H12BrNO. The van der Waals surface area contributed by atoms with Gasteiger partial charge in [-0.3, -0.25) is 4.79 Å². The van der Waals surface area contributed by atoms with Crippen LogP contribution in [0.1, 0.15) is 28.4 Å². The van der Waals surface area contributed by atoms with Gasteiger partial charge in [-0.05, 0) is 37.9 Å². The molecule has 0 aliphatic heterocycles. The summed E-state index contributed by atoms with van der Waals surface area (Å²) >= 11 is 3.43. The number of nitrogens with zero attached hydrogens (tertiary/aromatic N) is 1. The number of halogens is 1. The Labute approximate surface area is 92.0 Å². The van der Waals surface area contributed by atoms with Crippen molar-refractivity contribution in [1.82, 2.24) is 4.90 Å². The fraction of sp³-hybridized carbons (Fsp3) is 0.364. The van der Waals surface area contributed by atoms with Crippen molar-refractivity contribution in [1.29, 1.82) is 0 Å². The first-order chi connectivity index (χ1) is 6.59. The largest absolute Gasteiger partial charge is 0.302 e. The van der Waals surface area contributed by atoms with Crippen LogP contribution in [0, 0.1) is 0 Å². The van der Waals surface area contributed by atoms with Crippen LogP contribution in [0.2, 0.25) is 0 Å². The van der Waals surface area contributed by atoms with Crippen LogP contribution in [0.5, 0.6) is 0 Å². The maximum absolute atomic E-state index is 11.6. The Kier molecular flexibility index (Phi) is 2.45. The second-order valence-electron chi connectivity index (χ2n) is 3.84. The molecule has 2 nitrogen and oxygen atoms in total. The predicted octanol–water partition coefficient (Wildman–Crippen LogP) is 2.64. The van der Waals surface area contributed by atoms with Gasteiger partial charge in [0, 0.05) is 22.5 Å². The number of ketones is 1. The summed E-state index contributed by atoms with van der Waals surface area (Å²) < 4.78 is 1.04. The van der Waals surface area contributed by atoms with Gasteiger partial charge < -0.3 is 4.90 Å². The molecule has 0 spiro atoms. The van der Waals surface area contributed by atoms with E-state index >= 15 is 0 Å². The molecule has 1 atom stereocenters. The fourth-order valence-electron chi connectivity index (χ4n) is 1.92. The average Bonchev–Trinajstić information content (AvgIpc) is 2.43. The summed E-state index contributed by atoms with van der Waals surface area (Å²) in [6.07, 6.45) is 0.610. The number of rotatable bonds is 1. The van der Waals surface area contributed by atoms with Gasteiger partial charge in [0.15, 0.2) is 5.78 Å². The second kappa shape index (κ2) is 3.48. The van der Waals surface area contributed by atoms with Gasteiger partial charge in [0.1, 0.15) is 0 Å². The summed E-state index contributed by atoms with van der Waals surface area (Å²) in [6, 6.07) is 6.13. The second-order valence-corrected chi connectivity index (χ2v) is 4.75. The lowest BCUT2D eigenvalue weighted by Crippen LogP contribution is -2.17. The molecule has 1 aromatic rings. The van der Waals surface area contributed by atoms with E-state index in [9.17, 15) is 4.79 Å². The third kappa shape index (κ3) is 1.51. The highest BCUT2D eigenvalue weighted by Gasteiger charge is 2.30. The molecule has 2 rings (SSSR count). The van der Waals surface area contributed by atoms with Crippen molar-refractivity contribution >= 4 is 21.7 Å². The lowest BCUT2D eigenvalue weighted by atomic mass is 10.1. The highest BCUT2D eigenvalue weighted by molar-refractivity contribution is 9.10. The fourth-order valence-corrected chi connectivity index (χ4v) is 2.30. The monoisotopic (exact) mass is 253 g/mol. The van der Waals surface area contributed by atoms with Gasteiger partial charge in [-0.15, -0.1) is 0 Å². The van der Waals surface area contributed by atoms with Gasteiger partial charge in [0.05, 0.1) is 0 Å². The maximum Gasteiger partial charge on any atom is 0.165 e. The van der Waals surface area contributed by atoms with Gasteiger partial charge >= 0.3 is 0 Å². The molecule has 0 saturated carbocycles. The van der Waals surface area contributed by atoms with Crippen LogP contribution < -0.4 is 0 Å². The van der Waals surface area contributed by atoms with Gasteiger partial charge in [-0.1, -0.05) is 15.9 Å². The molecule has 0 saturated heterocycles. The molecule has 0 aromatic heterocycles. The van der Waals surface area contributed by atoms with Crippen molar-refractivity contribution < 1.29 is 4.79 Å². The summed E-state index contributed by atoms with van der Waals surface area (Å²) in [5.74, 6) is 0.256. The van der Waals surface area contributed by atoms with Crippen LogP contribution in [0.15, 0.2) is 22.7 Å². The minimum atomic E-state index is 0.245. The number of carbonyl (C=O) groups excluding carboxylic acids is 1. The predicted molar refractivity (Wildman–Crippen MR) is 59.5 cm³/mol. The van der Waals surface area contributed by atoms with Crippen LogP contribution >= 0.6 is 15.9 Å². The van der Waals surface area contributed by atoms with E-state index < -0.39 is 0 Å². The van der Waals surface area contributed by atoms with Crippen LogP contribution in [-0.2, 0) is 0 Å². The zero-order chi connectivity index (χ0) is 10.3. The summed E-state index contributed by atoms with van der Waals surface area (Å²) in [5.41, 5.74) is 2.03. The number of Topliss-reactive ketones (excluding diaryl/α,β-unsaturated/α-hetero) is 1. The van der Waals surface area contributed by atoms with Gasteiger partial charge in [0.2, 0.25) is 0 Å². The average molecular weight is 254 g/mol. The van der Waals surface area contributed by atoms with E-state index in [1.165, 1.54) is 0 Å². The number of carbonyl (C=O) groups is 1. The summed E-state index contributed by atoms with van der Waals surface area (Å²) in [4.78, 5) is 13.7. The van der Waals surface area contributed by atoms with Gasteiger partial charge in [0.25, 0.3) is 0 Å². The summed E-state index contributed by atoms with van der Waals surface area (Å²) in [5, 5.41) is 0. The van der Waals surface area contributed by atoms with Gasteiger partial charge in [-0.25, -0.2) is 0 Å². The third-order valence-corrected chi connectivity index (χ3v) is 3.17. The summed E-state index contributed by atoms with van der Waals surface area (Å²) in [7, 11) is 4.02. The molecule has 74 valence electrons. The highest BCUT2D eigenvalue weighted by atomic mass is 79.9. The Morgan fingerprint density at radius 3 is 2.79 bits per heavy atom. The van der Waals surface area contributed by atoms with Crippen molar-refractivity contribution in [2.75, 3.05) is 14.1 Å². The summed E-state index contributed by atoms with van der Waals surface area (Å²) in [6.45, 7) is 0. The number of fused-ring (bicyclic) bond motifs is 1. The highest BCUT2D eigenvalue weighted by Crippen LogP contribution is 2.35. The molecule has 0 N–H and O–H groups in total. The first-order valence-electron chi connectivity index (χ1n) is 4.58. The normalized spacial score (nSPS) is 20.3. The van der Waals surface area contributed by atoms with Crippen molar-refractivity contribution in [3.05, 3.63) is 33.8 Å². The van der Waals surface area contributed by atoms with Crippen LogP contribution in [0.4, 0.5) is 0 Å². The van der Waals surface area contributed by atoms with E-state index in [1.807, 2.05) is 32.3 Å². The molecular weight excluding hydrogens is 242 g/mol. The minimum Gasteiger partial charge on any atom is -0.302 e. The smallest absolute Gasteiger partial charge is 0.165 e. The molecule has 14 heavy (non-hydrogen) atoms. The van der Waals surface area contributed by atoms with E-state index in [0.29, 0.717) is 6.42 Å². The maximum atomic E-state index is 11.6. The minimum absolute atomic E-state index is 0.245. The molecule has 0 bridgehead atoms. The molecule has 1 aliphatic rings. The number of hydrogen-bond acceptors (Lipinski definition) is 2. The van der Waals surface area contributed by atoms with Crippen molar-refractivity contribution in [3.8, 4) is 0 Å². The molecule has 0 amide bonds. The molecule has 0 heterocycles.